The second-order valence-electron chi connectivity index (χ2n) is 5.41. The molecule has 124 valence electrons. The Kier molecular flexibility index (Phi) is 7.23. The van der Waals surface area contributed by atoms with Crippen LogP contribution in [0.25, 0.3) is 0 Å². The van der Waals surface area contributed by atoms with Crippen molar-refractivity contribution in [1.29, 1.82) is 0 Å². The third-order valence-corrected chi connectivity index (χ3v) is 4.37. The first kappa shape index (κ1) is 17.6. The van der Waals surface area contributed by atoms with E-state index in [0.29, 0.717) is 11.7 Å². The monoisotopic (exact) mass is 332 g/mol. The number of aryl methyl sites for hydroxylation is 1. The van der Waals surface area contributed by atoms with Crippen molar-refractivity contribution in [2.45, 2.75) is 39.5 Å². The number of aromatic nitrogens is 1. The lowest BCUT2D eigenvalue weighted by molar-refractivity contribution is -0.120. The van der Waals surface area contributed by atoms with Gasteiger partial charge in [0.1, 0.15) is 6.61 Å². The van der Waals surface area contributed by atoms with Crippen LogP contribution in [0.2, 0.25) is 0 Å². The smallest absolute Gasteiger partial charge is 0.252 e. The van der Waals surface area contributed by atoms with E-state index in [-0.39, 0.29) is 12.5 Å². The molecule has 0 spiro atoms. The minimum absolute atomic E-state index is 0.0740. The van der Waals surface area contributed by atoms with Gasteiger partial charge in [0.15, 0.2) is 5.13 Å². The van der Waals surface area contributed by atoms with E-state index >= 15 is 0 Å². The maximum absolute atomic E-state index is 11.6. The summed E-state index contributed by atoms with van der Waals surface area (Å²) in [5, 5.41) is 3.39. The summed E-state index contributed by atoms with van der Waals surface area (Å²) in [6.45, 7) is 4.68. The van der Waals surface area contributed by atoms with Crippen molar-refractivity contribution in [3.63, 3.8) is 0 Å². The standard InChI is InChI=1S/C18H24N2O2S/c1-3-5-6-14-7-9-15(10-8-14)11-16-12-19-18(23-16)20-17(21)13-22-4-2/h7-10,12H,3-6,11,13H2,1-2H3,(H,19,20,21). The molecule has 5 heteroatoms. The second kappa shape index (κ2) is 9.43. The van der Waals surface area contributed by atoms with Crippen molar-refractivity contribution in [2.24, 2.45) is 0 Å². The molecule has 2 rings (SSSR count). The average molecular weight is 332 g/mol. The molecule has 0 bridgehead atoms. The highest BCUT2D eigenvalue weighted by molar-refractivity contribution is 7.15. The molecule has 0 aliphatic rings. The molecule has 0 unspecified atom stereocenters. The van der Waals surface area contributed by atoms with E-state index in [9.17, 15) is 4.79 Å². The normalized spacial score (nSPS) is 10.7. The molecule has 0 fully saturated rings. The number of ether oxygens (including phenoxy) is 1. The number of hydrogen-bond acceptors (Lipinski definition) is 4. The van der Waals surface area contributed by atoms with Crippen molar-refractivity contribution >= 4 is 22.4 Å². The number of amides is 1. The van der Waals surface area contributed by atoms with E-state index in [1.54, 1.807) is 0 Å². The van der Waals surface area contributed by atoms with Crippen LogP contribution in [0.3, 0.4) is 0 Å². The zero-order valence-corrected chi connectivity index (χ0v) is 14.6. The van der Waals surface area contributed by atoms with Crippen molar-refractivity contribution in [3.05, 3.63) is 46.5 Å². The lowest BCUT2D eigenvalue weighted by atomic mass is 10.0. The van der Waals surface area contributed by atoms with Gasteiger partial charge in [-0.15, -0.1) is 11.3 Å². The van der Waals surface area contributed by atoms with Crippen molar-refractivity contribution in [2.75, 3.05) is 18.5 Å². The Morgan fingerprint density at radius 1 is 1.22 bits per heavy atom. The topological polar surface area (TPSA) is 51.2 Å². The highest BCUT2D eigenvalue weighted by Crippen LogP contribution is 2.21. The number of rotatable bonds is 9. The zero-order valence-electron chi connectivity index (χ0n) is 13.8. The van der Waals surface area contributed by atoms with Crippen LogP contribution in [0.4, 0.5) is 5.13 Å². The maximum Gasteiger partial charge on any atom is 0.252 e. The van der Waals surface area contributed by atoms with Crippen molar-refractivity contribution in [1.82, 2.24) is 4.98 Å². The van der Waals surface area contributed by atoms with Crippen LogP contribution < -0.4 is 5.32 Å². The Balaban J connectivity index is 1.87. The zero-order chi connectivity index (χ0) is 16.5. The first-order chi connectivity index (χ1) is 11.2. The molecule has 23 heavy (non-hydrogen) atoms. The summed E-state index contributed by atoms with van der Waals surface area (Å²) in [4.78, 5) is 17.0. The van der Waals surface area contributed by atoms with Gasteiger partial charge in [-0.3, -0.25) is 10.1 Å². The fourth-order valence-corrected chi connectivity index (χ4v) is 3.07. The fraction of sp³-hybridized carbons (Fsp3) is 0.444. The number of thiazole rings is 1. The Morgan fingerprint density at radius 2 is 1.96 bits per heavy atom. The van der Waals surface area contributed by atoms with Crippen LogP contribution in [0.1, 0.15) is 42.7 Å². The van der Waals surface area contributed by atoms with Gasteiger partial charge in [-0.05, 0) is 30.9 Å². The lowest BCUT2D eigenvalue weighted by Gasteiger charge is -2.03. The van der Waals surface area contributed by atoms with E-state index in [2.05, 4.69) is 41.5 Å². The van der Waals surface area contributed by atoms with Gasteiger partial charge in [0.05, 0.1) is 0 Å². The van der Waals surface area contributed by atoms with E-state index in [1.807, 2.05) is 13.1 Å². The molecule has 0 radical (unpaired) electrons. The quantitative estimate of drug-likeness (QED) is 0.753. The maximum atomic E-state index is 11.6. The molecule has 0 aliphatic heterocycles. The molecule has 1 aromatic carbocycles. The van der Waals surface area contributed by atoms with Crippen LogP contribution in [0.5, 0.6) is 0 Å². The average Bonchev–Trinajstić information content (AvgIpc) is 2.99. The lowest BCUT2D eigenvalue weighted by Crippen LogP contribution is -2.17. The molecule has 2 aromatic rings. The van der Waals surface area contributed by atoms with Crippen molar-refractivity contribution in [3.8, 4) is 0 Å². The highest BCUT2D eigenvalue weighted by atomic mass is 32.1. The highest BCUT2D eigenvalue weighted by Gasteiger charge is 2.07. The molecule has 1 heterocycles. The van der Waals surface area contributed by atoms with Gasteiger partial charge in [0, 0.05) is 24.1 Å². The van der Waals surface area contributed by atoms with Gasteiger partial charge in [0.2, 0.25) is 0 Å². The van der Waals surface area contributed by atoms with Gasteiger partial charge in [-0.1, -0.05) is 37.6 Å². The summed E-state index contributed by atoms with van der Waals surface area (Å²) in [6, 6.07) is 8.77. The Hall–Kier alpha value is -1.72. The summed E-state index contributed by atoms with van der Waals surface area (Å²) in [7, 11) is 0. The second-order valence-corrected chi connectivity index (χ2v) is 6.53. The largest absolute Gasteiger partial charge is 0.372 e. The van der Waals surface area contributed by atoms with Crippen LogP contribution in [0, 0.1) is 0 Å². The van der Waals surface area contributed by atoms with Crippen LogP contribution in [-0.4, -0.2) is 24.1 Å². The fourth-order valence-electron chi connectivity index (χ4n) is 2.20. The molecule has 0 aliphatic carbocycles. The van der Waals surface area contributed by atoms with Gasteiger partial charge < -0.3 is 4.74 Å². The predicted octanol–water partition coefficient (Wildman–Crippen LogP) is 4.05. The summed E-state index contributed by atoms with van der Waals surface area (Å²) < 4.78 is 5.07. The van der Waals surface area contributed by atoms with E-state index in [4.69, 9.17) is 4.74 Å². The number of nitrogens with one attached hydrogen (secondary N) is 1. The summed E-state index contributed by atoms with van der Waals surface area (Å²) in [5.41, 5.74) is 2.66. The molecule has 1 amide bonds. The first-order valence-corrected chi connectivity index (χ1v) is 8.93. The minimum atomic E-state index is -0.159. The third kappa shape index (κ3) is 6.12. The number of hydrogen-bond donors (Lipinski definition) is 1. The van der Waals surface area contributed by atoms with Gasteiger partial charge >= 0.3 is 0 Å². The van der Waals surface area contributed by atoms with Crippen LogP contribution >= 0.6 is 11.3 Å². The number of nitrogens with zero attached hydrogens (tertiary/aromatic N) is 1. The Morgan fingerprint density at radius 3 is 2.65 bits per heavy atom. The van der Waals surface area contributed by atoms with Crippen LogP contribution in [-0.2, 0) is 22.4 Å². The number of carbonyl (C=O) groups is 1. The number of unbranched alkanes of at least 4 members (excludes halogenated alkanes) is 1. The molecule has 1 aromatic heterocycles. The van der Waals surface area contributed by atoms with E-state index < -0.39 is 0 Å². The van der Waals surface area contributed by atoms with Crippen LogP contribution in [0.15, 0.2) is 30.5 Å². The van der Waals surface area contributed by atoms with Gasteiger partial charge in [0.25, 0.3) is 5.91 Å². The first-order valence-electron chi connectivity index (χ1n) is 8.11. The summed E-state index contributed by atoms with van der Waals surface area (Å²) in [5.74, 6) is -0.159. The van der Waals surface area contributed by atoms with Gasteiger partial charge in [-0.2, -0.15) is 0 Å². The molecule has 1 N–H and O–H groups in total. The molecular weight excluding hydrogens is 308 g/mol. The van der Waals surface area contributed by atoms with Crippen molar-refractivity contribution < 1.29 is 9.53 Å². The number of benzene rings is 1. The predicted molar refractivity (Wildman–Crippen MR) is 95.1 cm³/mol. The summed E-state index contributed by atoms with van der Waals surface area (Å²) in [6.07, 6.45) is 6.27. The number of anilines is 1. The SMILES string of the molecule is CCCCc1ccc(Cc2cnc(NC(=O)COCC)s2)cc1. The van der Waals surface area contributed by atoms with E-state index in [0.717, 1.165) is 17.7 Å². The molecule has 0 saturated heterocycles. The van der Waals surface area contributed by atoms with E-state index in [1.165, 1.54) is 35.3 Å². The Labute approximate surface area is 141 Å². The molecule has 0 saturated carbocycles. The summed E-state index contributed by atoms with van der Waals surface area (Å²) >= 11 is 1.51. The molecular formula is C18H24N2O2S. The minimum Gasteiger partial charge on any atom is -0.372 e. The third-order valence-electron chi connectivity index (χ3n) is 3.46. The Bertz CT molecular complexity index is 608. The number of carbonyl (C=O) groups excluding carboxylic acids is 1. The molecule has 0 atom stereocenters. The molecule has 4 nitrogen and oxygen atoms in total. The van der Waals surface area contributed by atoms with Gasteiger partial charge in [-0.25, -0.2) is 4.98 Å².